The van der Waals surface area contributed by atoms with Crippen LogP contribution in [0.5, 0.6) is 0 Å². The van der Waals surface area contributed by atoms with Crippen molar-refractivity contribution in [3.05, 3.63) is 52.0 Å². The van der Waals surface area contributed by atoms with Crippen LogP contribution in [-0.2, 0) is 11.3 Å². The molecule has 1 aromatic heterocycles. The third-order valence-electron chi connectivity index (χ3n) is 3.75. The molecule has 3 rings (SSSR count). The van der Waals surface area contributed by atoms with Crippen LogP contribution in [0.15, 0.2) is 35.7 Å². The number of carbonyl (C=O) groups is 1. The minimum Gasteiger partial charge on any atom is -0.456 e. The fraction of sp³-hybridized carbons (Fsp3) is 0.375. The summed E-state index contributed by atoms with van der Waals surface area (Å²) in [6.45, 7) is 1.38. The summed E-state index contributed by atoms with van der Waals surface area (Å²) in [5.74, 6) is -0.345. The molecular weight excluding hydrogens is 284 g/mol. The number of hydrogen-bond donors (Lipinski definition) is 0. The van der Waals surface area contributed by atoms with Crippen LogP contribution in [0.4, 0.5) is 0 Å². The van der Waals surface area contributed by atoms with Gasteiger partial charge in [-0.05, 0) is 32.0 Å². The molecule has 0 radical (unpaired) electrons. The predicted octanol–water partition coefficient (Wildman–Crippen LogP) is 3.27. The lowest BCUT2D eigenvalue weighted by molar-refractivity contribution is 0.0466. The summed E-state index contributed by atoms with van der Waals surface area (Å²) < 4.78 is 5.31. The molecule has 1 fully saturated rings. The Bertz CT molecular complexity index is 612. The van der Waals surface area contributed by atoms with Gasteiger partial charge in [0, 0.05) is 5.38 Å². The number of esters is 1. The normalized spacial score (nSPS) is 18.8. The molecule has 4 nitrogen and oxygen atoms in total. The van der Waals surface area contributed by atoms with Gasteiger partial charge in [0.1, 0.15) is 11.6 Å². The van der Waals surface area contributed by atoms with E-state index in [1.165, 1.54) is 6.42 Å². The predicted molar refractivity (Wildman–Crippen MR) is 82.3 cm³/mol. The van der Waals surface area contributed by atoms with Gasteiger partial charge in [-0.25, -0.2) is 9.78 Å². The number of rotatable bonds is 4. The van der Waals surface area contributed by atoms with Gasteiger partial charge in [0.25, 0.3) is 0 Å². The zero-order valence-corrected chi connectivity index (χ0v) is 12.8. The maximum atomic E-state index is 12.0. The zero-order chi connectivity index (χ0) is 14.7. The summed E-state index contributed by atoms with van der Waals surface area (Å²) in [4.78, 5) is 18.8. The molecule has 0 spiro atoms. The quantitative estimate of drug-likeness (QED) is 0.813. The van der Waals surface area contributed by atoms with Crippen molar-refractivity contribution in [3.8, 4) is 0 Å². The van der Waals surface area contributed by atoms with E-state index in [1.807, 2.05) is 30.3 Å². The highest BCUT2D eigenvalue weighted by Crippen LogP contribution is 2.32. The van der Waals surface area contributed by atoms with Crippen LogP contribution in [0.25, 0.3) is 0 Å². The third-order valence-corrected chi connectivity index (χ3v) is 4.70. The Morgan fingerprint density at radius 2 is 2.24 bits per heavy atom. The van der Waals surface area contributed by atoms with Crippen molar-refractivity contribution < 1.29 is 9.53 Å². The highest BCUT2D eigenvalue weighted by molar-refractivity contribution is 7.09. The Morgan fingerprint density at radius 3 is 2.95 bits per heavy atom. The van der Waals surface area contributed by atoms with Gasteiger partial charge < -0.3 is 4.74 Å². The van der Waals surface area contributed by atoms with Crippen molar-refractivity contribution in [2.75, 3.05) is 13.6 Å². The van der Waals surface area contributed by atoms with E-state index in [9.17, 15) is 4.79 Å². The SMILES string of the molecule is CN1CCCC1c1nc(C(=O)OCc2ccccc2)cs1. The average Bonchev–Trinajstić information content (AvgIpc) is 3.14. The number of thiazole rings is 1. The highest BCUT2D eigenvalue weighted by atomic mass is 32.1. The van der Waals surface area contributed by atoms with Gasteiger partial charge in [0.15, 0.2) is 5.69 Å². The van der Waals surface area contributed by atoms with Crippen molar-refractivity contribution in [2.24, 2.45) is 0 Å². The van der Waals surface area contributed by atoms with Gasteiger partial charge in [-0.3, -0.25) is 4.90 Å². The van der Waals surface area contributed by atoms with E-state index in [0.717, 1.165) is 23.5 Å². The summed E-state index contributed by atoms with van der Waals surface area (Å²) >= 11 is 1.55. The number of nitrogens with zero attached hydrogens (tertiary/aromatic N) is 2. The van der Waals surface area contributed by atoms with Crippen molar-refractivity contribution in [1.82, 2.24) is 9.88 Å². The lowest BCUT2D eigenvalue weighted by Gasteiger charge is -2.16. The molecule has 1 saturated heterocycles. The number of hydrogen-bond acceptors (Lipinski definition) is 5. The van der Waals surface area contributed by atoms with Crippen LogP contribution in [0.1, 0.15) is 39.9 Å². The highest BCUT2D eigenvalue weighted by Gasteiger charge is 2.26. The topological polar surface area (TPSA) is 42.4 Å². The molecule has 2 heterocycles. The third kappa shape index (κ3) is 3.31. The molecule has 1 unspecified atom stereocenters. The Morgan fingerprint density at radius 1 is 1.43 bits per heavy atom. The molecule has 0 N–H and O–H groups in total. The van der Waals surface area contributed by atoms with Crippen molar-refractivity contribution in [3.63, 3.8) is 0 Å². The second-order valence-electron chi connectivity index (χ2n) is 5.27. The number of carbonyl (C=O) groups excluding carboxylic acids is 1. The summed E-state index contributed by atoms with van der Waals surface area (Å²) in [5.41, 5.74) is 1.41. The molecule has 0 aliphatic carbocycles. The van der Waals surface area contributed by atoms with E-state index in [4.69, 9.17) is 4.74 Å². The number of ether oxygens (including phenoxy) is 1. The van der Waals surface area contributed by atoms with Crippen LogP contribution < -0.4 is 0 Å². The summed E-state index contributed by atoms with van der Waals surface area (Å²) in [7, 11) is 2.10. The first kappa shape index (κ1) is 14.2. The van der Waals surface area contributed by atoms with Gasteiger partial charge in [0.05, 0.1) is 6.04 Å². The van der Waals surface area contributed by atoms with Gasteiger partial charge in [-0.1, -0.05) is 30.3 Å². The summed E-state index contributed by atoms with van der Waals surface area (Å²) in [5, 5.41) is 2.82. The molecular formula is C16H18N2O2S. The largest absolute Gasteiger partial charge is 0.456 e. The first-order valence-electron chi connectivity index (χ1n) is 7.11. The van der Waals surface area contributed by atoms with Gasteiger partial charge >= 0.3 is 5.97 Å². The number of likely N-dealkylation sites (tertiary alicyclic amines) is 1. The van der Waals surface area contributed by atoms with E-state index in [1.54, 1.807) is 16.7 Å². The standard InChI is InChI=1S/C16H18N2O2S/c1-18-9-5-8-14(18)15-17-13(11-21-15)16(19)20-10-12-6-3-2-4-7-12/h2-4,6-7,11,14H,5,8-10H2,1H3. The second kappa shape index (κ2) is 6.37. The molecule has 1 aliphatic heterocycles. The van der Waals surface area contributed by atoms with E-state index in [2.05, 4.69) is 16.9 Å². The zero-order valence-electron chi connectivity index (χ0n) is 12.0. The van der Waals surface area contributed by atoms with Gasteiger partial charge in [0.2, 0.25) is 0 Å². The second-order valence-corrected chi connectivity index (χ2v) is 6.16. The summed E-state index contributed by atoms with van der Waals surface area (Å²) in [6, 6.07) is 10.0. The maximum Gasteiger partial charge on any atom is 0.358 e. The molecule has 0 amide bonds. The first-order valence-corrected chi connectivity index (χ1v) is 7.99. The molecule has 1 aromatic carbocycles. The van der Waals surface area contributed by atoms with E-state index in [0.29, 0.717) is 11.7 Å². The minimum atomic E-state index is -0.345. The van der Waals surface area contributed by atoms with Crippen LogP contribution >= 0.6 is 11.3 Å². The molecule has 0 saturated carbocycles. The molecule has 2 aromatic rings. The van der Waals surface area contributed by atoms with E-state index < -0.39 is 0 Å². The summed E-state index contributed by atoms with van der Waals surface area (Å²) in [6.07, 6.45) is 2.30. The number of benzene rings is 1. The van der Waals surface area contributed by atoms with E-state index in [-0.39, 0.29) is 12.6 Å². The Labute approximate surface area is 128 Å². The molecule has 5 heteroatoms. The lowest BCUT2D eigenvalue weighted by atomic mass is 10.2. The van der Waals surface area contributed by atoms with Crippen molar-refractivity contribution in [2.45, 2.75) is 25.5 Å². The smallest absolute Gasteiger partial charge is 0.358 e. The Balaban J connectivity index is 1.62. The van der Waals surface area contributed by atoms with Gasteiger partial charge in [-0.2, -0.15) is 0 Å². The van der Waals surface area contributed by atoms with Gasteiger partial charge in [-0.15, -0.1) is 11.3 Å². The van der Waals surface area contributed by atoms with Crippen molar-refractivity contribution >= 4 is 17.3 Å². The lowest BCUT2D eigenvalue weighted by Crippen LogP contribution is -2.17. The monoisotopic (exact) mass is 302 g/mol. The number of aromatic nitrogens is 1. The Kier molecular flexibility index (Phi) is 4.31. The Hall–Kier alpha value is -1.72. The van der Waals surface area contributed by atoms with E-state index >= 15 is 0 Å². The maximum absolute atomic E-state index is 12.0. The molecule has 1 aliphatic rings. The average molecular weight is 302 g/mol. The molecule has 0 bridgehead atoms. The van der Waals surface area contributed by atoms with Crippen LogP contribution in [0, 0.1) is 0 Å². The molecule has 110 valence electrons. The van der Waals surface area contributed by atoms with Crippen LogP contribution in [-0.4, -0.2) is 29.4 Å². The van der Waals surface area contributed by atoms with Crippen LogP contribution in [0.3, 0.4) is 0 Å². The van der Waals surface area contributed by atoms with Crippen molar-refractivity contribution in [1.29, 1.82) is 0 Å². The molecule has 1 atom stereocenters. The molecule has 21 heavy (non-hydrogen) atoms. The minimum absolute atomic E-state index is 0.288. The fourth-order valence-corrected chi connectivity index (χ4v) is 3.54. The first-order chi connectivity index (χ1) is 10.2. The van der Waals surface area contributed by atoms with Crippen LogP contribution in [0.2, 0.25) is 0 Å². The fourth-order valence-electron chi connectivity index (χ4n) is 2.55.